The SMILES string of the molecule is CC1(n2c(=S)[nH]c3c(F)cc(F)cc32)CCCCC1. The fourth-order valence-corrected chi connectivity index (χ4v) is 3.63. The first-order valence-electron chi connectivity index (χ1n) is 6.61. The molecule has 1 aromatic heterocycles. The number of rotatable bonds is 1. The van der Waals surface area contributed by atoms with Crippen LogP contribution in [0.5, 0.6) is 0 Å². The summed E-state index contributed by atoms with van der Waals surface area (Å²) in [4.78, 5) is 2.88. The third-order valence-corrected chi connectivity index (χ3v) is 4.47. The Balaban J connectivity index is 2.28. The molecular weight excluding hydrogens is 266 g/mol. The van der Waals surface area contributed by atoms with Crippen LogP contribution < -0.4 is 0 Å². The fourth-order valence-electron chi connectivity index (χ4n) is 3.21. The minimum atomic E-state index is -0.584. The van der Waals surface area contributed by atoms with Crippen LogP contribution in [0.15, 0.2) is 12.1 Å². The maximum atomic E-state index is 13.8. The Bertz CT molecular complexity index is 681. The number of aromatic nitrogens is 2. The number of benzene rings is 1. The Morgan fingerprint density at radius 2 is 1.89 bits per heavy atom. The zero-order valence-corrected chi connectivity index (χ0v) is 11.6. The van der Waals surface area contributed by atoms with Gasteiger partial charge in [0.25, 0.3) is 0 Å². The van der Waals surface area contributed by atoms with Gasteiger partial charge < -0.3 is 9.55 Å². The predicted molar refractivity (Wildman–Crippen MR) is 73.8 cm³/mol. The van der Waals surface area contributed by atoms with E-state index in [-0.39, 0.29) is 5.54 Å². The average molecular weight is 282 g/mol. The van der Waals surface area contributed by atoms with Crippen molar-refractivity contribution in [2.75, 3.05) is 0 Å². The molecule has 2 nitrogen and oxygen atoms in total. The Hall–Kier alpha value is -1.23. The van der Waals surface area contributed by atoms with Crippen molar-refractivity contribution in [1.82, 2.24) is 9.55 Å². The molecule has 0 radical (unpaired) electrons. The van der Waals surface area contributed by atoms with Gasteiger partial charge in [-0.3, -0.25) is 0 Å². The molecule has 0 amide bonds. The molecule has 0 aliphatic heterocycles. The highest BCUT2D eigenvalue weighted by Crippen LogP contribution is 2.37. The molecular formula is C14H16F2N2S. The molecule has 0 spiro atoms. The fraction of sp³-hybridized carbons (Fsp3) is 0.500. The highest BCUT2D eigenvalue weighted by Gasteiger charge is 2.31. The molecule has 1 heterocycles. The first-order chi connectivity index (χ1) is 9.01. The molecule has 2 aromatic rings. The number of H-pyrrole nitrogens is 1. The van der Waals surface area contributed by atoms with Gasteiger partial charge in [-0.1, -0.05) is 19.3 Å². The van der Waals surface area contributed by atoms with Gasteiger partial charge >= 0.3 is 0 Å². The lowest BCUT2D eigenvalue weighted by atomic mass is 9.83. The summed E-state index contributed by atoms with van der Waals surface area (Å²) in [6.07, 6.45) is 5.46. The molecule has 5 heteroatoms. The summed E-state index contributed by atoms with van der Waals surface area (Å²) in [5, 5.41) is 0. The largest absolute Gasteiger partial charge is 0.328 e. The summed E-state index contributed by atoms with van der Waals surface area (Å²) in [5.74, 6) is -1.15. The van der Waals surface area contributed by atoms with Gasteiger partial charge in [-0.25, -0.2) is 8.78 Å². The first kappa shape index (κ1) is 12.8. The van der Waals surface area contributed by atoms with Crippen LogP contribution in [-0.2, 0) is 5.54 Å². The van der Waals surface area contributed by atoms with Crippen LogP contribution in [0.4, 0.5) is 8.78 Å². The van der Waals surface area contributed by atoms with Crippen LogP contribution in [0.3, 0.4) is 0 Å². The topological polar surface area (TPSA) is 20.7 Å². The van der Waals surface area contributed by atoms with Crippen LogP contribution in [-0.4, -0.2) is 9.55 Å². The Morgan fingerprint density at radius 1 is 1.21 bits per heavy atom. The molecule has 102 valence electrons. The van der Waals surface area contributed by atoms with Crippen LogP contribution in [0.25, 0.3) is 11.0 Å². The molecule has 1 fully saturated rings. The molecule has 19 heavy (non-hydrogen) atoms. The normalized spacial score (nSPS) is 18.9. The quantitative estimate of drug-likeness (QED) is 0.755. The molecule has 3 rings (SSSR count). The molecule has 0 bridgehead atoms. The van der Waals surface area contributed by atoms with Crippen molar-refractivity contribution in [3.05, 3.63) is 28.5 Å². The minimum Gasteiger partial charge on any atom is -0.328 e. The van der Waals surface area contributed by atoms with E-state index in [1.54, 1.807) is 0 Å². The maximum absolute atomic E-state index is 13.8. The lowest BCUT2D eigenvalue weighted by molar-refractivity contribution is 0.222. The van der Waals surface area contributed by atoms with Crippen molar-refractivity contribution >= 4 is 23.3 Å². The zero-order chi connectivity index (χ0) is 13.6. The third-order valence-electron chi connectivity index (χ3n) is 4.18. The van der Waals surface area contributed by atoms with E-state index in [9.17, 15) is 8.78 Å². The second kappa shape index (κ2) is 4.40. The van der Waals surface area contributed by atoms with Crippen molar-refractivity contribution in [1.29, 1.82) is 0 Å². The summed E-state index contributed by atoms with van der Waals surface area (Å²) in [6.45, 7) is 2.12. The number of imidazole rings is 1. The second-order valence-corrected chi connectivity index (χ2v) is 5.99. The van der Waals surface area contributed by atoms with Crippen molar-refractivity contribution < 1.29 is 8.78 Å². The van der Waals surface area contributed by atoms with Gasteiger partial charge in [0.05, 0.1) is 5.52 Å². The Morgan fingerprint density at radius 3 is 2.58 bits per heavy atom. The Kier molecular flexibility index (Phi) is 2.96. The summed E-state index contributed by atoms with van der Waals surface area (Å²) in [7, 11) is 0. The highest BCUT2D eigenvalue weighted by atomic mass is 32.1. The summed E-state index contributed by atoms with van der Waals surface area (Å²) in [5.41, 5.74) is 0.693. The van der Waals surface area contributed by atoms with Crippen LogP contribution in [0.1, 0.15) is 39.0 Å². The highest BCUT2D eigenvalue weighted by molar-refractivity contribution is 7.71. The van der Waals surface area contributed by atoms with Gasteiger partial charge in [0.2, 0.25) is 0 Å². The van der Waals surface area contributed by atoms with Crippen molar-refractivity contribution in [2.24, 2.45) is 0 Å². The van der Waals surface area contributed by atoms with Gasteiger partial charge in [-0.15, -0.1) is 0 Å². The Labute approximate surface area is 115 Å². The van der Waals surface area contributed by atoms with E-state index >= 15 is 0 Å². The molecule has 0 atom stereocenters. The lowest BCUT2D eigenvalue weighted by Crippen LogP contribution is -2.32. The molecule has 1 aromatic carbocycles. The monoisotopic (exact) mass is 282 g/mol. The number of nitrogens with one attached hydrogen (secondary N) is 1. The van der Waals surface area contributed by atoms with E-state index < -0.39 is 11.6 Å². The standard InChI is InChI=1S/C14H16F2N2S/c1-14(5-3-2-4-6-14)18-11-8-9(15)7-10(16)12(11)17-13(18)19/h7-8H,2-6H2,1H3,(H,17,19). The summed E-state index contributed by atoms with van der Waals surface area (Å²) < 4.78 is 29.7. The van der Waals surface area contributed by atoms with Crippen LogP contribution in [0, 0.1) is 16.4 Å². The van der Waals surface area contributed by atoms with E-state index in [0.29, 0.717) is 15.8 Å². The van der Waals surface area contributed by atoms with Crippen molar-refractivity contribution in [2.45, 2.75) is 44.6 Å². The molecule has 0 saturated heterocycles. The van der Waals surface area contributed by atoms with E-state index in [1.165, 1.54) is 12.5 Å². The predicted octanol–water partition coefficient (Wildman–Crippen LogP) is 4.66. The van der Waals surface area contributed by atoms with Crippen LogP contribution in [0.2, 0.25) is 0 Å². The van der Waals surface area contributed by atoms with E-state index in [2.05, 4.69) is 11.9 Å². The maximum Gasteiger partial charge on any atom is 0.178 e. The number of fused-ring (bicyclic) bond motifs is 1. The summed E-state index contributed by atoms with van der Waals surface area (Å²) >= 11 is 5.33. The molecule has 1 saturated carbocycles. The van der Waals surface area contributed by atoms with E-state index in [4.69, 9.17) is 12.2 Å². The number of hydrogen-bond donors (Lipinski definition) is 1. The second-order valence-electron chi connectivity index (χ2n) is 5.60. The minimum absolute atomic E-state index is 0.145. The average Bonchev–Trinajstić information content (AvgIpc) is 2.67. The molecule has 1 aliphatic rings. The van der Waals surface area contributed by atoms with Gasteiger partial charge in [0.15, 0.2) is 10.6 Å². The first-order valence-corrected chi connectivity index (χ1v) is 7.02. The molecule has 0 unspecified atom stereocenters. The van der Waals surface area contributed by atoms with Crippen molar-refractivity contribution in [3.8, 4) is 0 Å². The van der Waals surface area contributed by atoms with Gasteiger partial charge in [-0.2, -0.15) is 0 Å². The zero-order valence-electron chi connectivity index (χ0n) is 10.8. The smallest absolute Gasteiger partial charge is 0.178 e. The van der Waals surface area contributed by atoms with Gasteiger partial charge in [0, 0.05) is 11.6 Å². The number of hydrogen-bond acceptors (Lipinski definition) is 1. The lowest BCUT2D eigenvalue weighted by Gasteiger charge is -2.35. The molecule has 1 N–H and O–H groups in total. The number of nitrogens with zero attached hydrogens (tertiary/aromatic N) is 1. The number of aromatic amines is 1. The number of halogens is 2. The molecule has 1 aliphatic carbocycles. The van der Waals surface area contributed by atoms with Gasteiger partial charge in [-0.05, 0) is 38.0 Å². The van der Waals surface area contributed by atoms with E-state index in [1.807, 2.05) is 4.57 Å². The van der Waals surface area contributed by atoms with Crippen LogP contribution >= 0.6 is 12.2 Å². The van der Waals surface area contributed by atoms with Gasteiger partial charge in [0.1, 0.15) is 11.3 Å². The summed E-state index contributed by atoms with van der Waals surface area (Å²) in [6, 6.07) is 2.26. The third kappa shape index (κ3) is 2.00. The van der Waals surface area contributed by atoms with E-state index in [0.717, 1.165) is 31.7 Å². The van der Waals surface area contributed by atoms with Crippen molar-refractivity contribution in [3.63, 3.8) is 0 Å².